The summed E-state index contributed by atoms with van der Waals surface area (Å²) in [6, 6.07) is 6.29. The highest BCUT2D eigenvalue weighted by Crippen LogP contribution is 2.56. The molecular weight excluding hydrogens is 490 g/mol. The standard InChI is InChI=1S/C29H36ClN3O4/c1-17-7-13-21(14-8-17)33-25(27(35)32-19-5-3-2-4-6-19)29-16-15-22(37-29)23(24(29)28(33)36)26(34)31-20-11-9-18(30)10-12-20/h9-12,15-17,19,21-25H,2-8,13-14H2,1H3,(H,31,34)(H,32,35)/t17?,21?,22-,23+,24-,25+,29-/m0/s1. The molecule has 6 rings (SSSR count). The molecular formula is C29H36ClN3O4. The smallest absolute Gasteiger partial charge is 0.246 e. The molecule has 5 atom stereocenters. The summed E-state index contributed by atoms with van der Waals surface area (Å²) in [5, 5.41) is 6.81. The lowest BCUT2D eigenvalue weighted by molar-refractivity contribution is -0.145. The van der Waals surface area contributed by atoms with Crippen molar-refractivity contribution in [1.29, 1.82) is 0 Å². The molecule has 2 N–H and O–H groups in total. The van der Waals surface area contributed by atoms with Crippen molar-refractivity contribution in [2.45, 2.75) is 94.5 Å². The second-order valence-electron chi connectivity index (χ2n) is 11.7. The number of hydrogen-bond donors (Lipinski definition) is 2. The molecule has 2 bridgehead atoms. The minimum Gasteiger partial charge on any atom is -0.359 e. The first-order valence-corrected chi connectivity index (χ1v) is 14.3. The Hall–Kier alpha value is -2.38. The highest BCUT2D eigenvalue weighted by Gasteiger charge is 2.73. The van der Waals surface area contributed by atoms with Crippen LogP contribution in [0.2, 0.25) is 5.02 Å². The average molecular weight is 526 g/mol. The van der Waals surface area contributed by atoms with Crippen LogP contribution in [0, 0.1) is 17.8 Å². The number of ether oxygens (including phenoxy) is 1. The fourth-order valence-corrected chi connectivity index (χ4v) is 7.53. The molecule has 5 aliphatic rings. The van der Waals surface area contributed by atoms with Crippen LogP contribution in [-0.4, -0.2) is 52.5 Å². The molecule has 2 aliphatic carbocycles. The molecule has 1 aromatic rings. The van der Waals surface area contributed by atoms with Crippen molar-refractivity contribution in [3.8, 4) is 0 Å². The van der Waals surface area contributed by atoms with Crippen LogP contribution in [0.4, 0.5) is 5.69 Å². The highest BCUT2D eigenvalue weighted by molar-refractivity contribution is 6.30. The summed E-state index contributed by atoms with van der Waals surface area (Å²) >= 11 is 6.00. The van der Waals surface area contributed by atoms with Gasteiger partial charge in [0.2, 0.25) is 17.7 Å². The Morgan fingerprint density at radius 3 is 2.41 bits per heavy atom. The molecule has 3 heterocycles. The summed E-state index contributed by atoms with van der Waals surface area (Å²) in [5.41, 5.74) is -0.490. The lowest BCUT2D eigenvalue weighted by Crippen LogP contribution is -2.58. The average Bonchev–Trinajstić information content (AvgIpc) is 3.54. The number of fused-ring (bicyclic) bond motifs is 1. The molecule has 1 spiro atoms. The Balaban J connectivity index is 1.31. The number of likely N-dealkylation sites (tertiary alicyclic amines) is 1. The zero-order valence-corrected chi connectivity index (χ0v) is 22.1. The quantitative estimate of drug-likeness (QED) is 0.556. The van der Waals surface area contributed by atoms with E-state index < -0.39 is 29.6 Å². The number of benzene rings is 1. The largest absolute Gasteiger partial charge is 0.359 e. The van der Waals surface area contributed by atoms with E-state index in [0.717, 1.165) is 51.4 Å². The van der Waals surface area contributed by atoms with E-state index in [1.165, 1.54) is 6.42 Å². The SMILES string of the molecule is CC1CCC(N2C(=O)[C@@H]3[C@H](C(=O)Nc4ccc(Cl)cc4)[C@@H]4C=C[C@@]3(O4)[C@H]2C(=O)NC2CCCCC2)CC1. The molecule has 37 heavy (non-hydrogen) atoms. The minimum absolute atomic E-state index is 0.0122. The van der Waals surface area contributed by atoms with Crippen molar-refractivity contribution in [2.75, 3.05) is 5.32 Å². The molecule has 8 heteroatoms. The number of halogens is 1. The number of anilines is 1. The van der Waals surface area contributed by atoms with E-state index in [2.05, 4.69) is 17.6 Å². The normalized spacial score (nSPS) is 37.0. The van der Waals surface area contributed by atoms with Crippen LogP contribution in [0.5, 0.6) is 0 Å². The van der Waals surface area contributed by atoms with Crippen LogP contribution < -0.4 is 10.6 Å². The van der Waals surface area contributed by atoms with Gasteiger partial charge in [-0.25, -0.2) is 0 Å². The van der Waals surface area contributed by atoms with E-state index in [0.29, 0.717) is 16.6 Å². The molecule has 1 aromatic carbocycles. The fraction of sp³-hybridized carbons (Fsp3) is 0.621. The number of carbonyl (C=O) groups excluding carboxylic acids is 3. The van der Waals surface area contributed by atoms with Gasteiger partial charge < -0.3 is 20.3 Å². The Morgan fingerprint density at radius 1 is 1.00 bits per heavy atom. The first-order chi connectivity index (χ1) is 17.9. The molecule has 3 aliphatic heterocycles. The van der Waals surface area contributed by atoms with Gasteiger partial charge in [0.25, 0.3) is 0 Å². The molecule has 2 saturated heterocycles. The summed E-state index contributed by atoms with van der Waals surface area (Å²) in [6.45, 7) is 2.24. The maximum Gasteiger partial charge on any atom is 0.246 e. The van der Waals surface area contributed by atoms with Gasteiger partial charge in [-0.15, -0.1) is 0 Å². The number of rotatable bonds is 5. The molecule has 198 valence electrons. The molecule has 0 aromatic heterocycles. The summed E-state index contributed by atoms with van der Waals surface area (Å²) < 4.78 is 6.49. The van der Waals surface area contributed by atoms with Crippen molar-refractivity contribution in [1.82, 2.24) is 10.2 Å². The van der Waals surface area contributed by atoms with E-state index >= 15 is 0 Å². The van der Waals surface area contributed by atoms with Crippen molar-refractivity contribution in [3.05, 3.63) is 41.4 Å². The van der Waals surface area contributed by atoms with Gasteiger partial charge in [0.1, 0.15) is 11.6 Å². The Morgan fingerprint density at radius 2 is 1.70 bits per heavy atom. The van der Waals surface area contributed by atoms with Crippen LogP contribution in [0.1, 0.15) is 64.7 Å². The second-order valence-corrected chi connectivity index (χ2v) is 12.1. The van der Waals surface area contributed by atoms with Gasteiger partial charge in [-0.1, -0.05) is 49.9 Å². The van der Waals surface area contributed by atoms with Crippen molar-refractivity contribution in [2.24, 2.45) is 17.8 Å². The van der Waals surface area contributed by atoms with Crippen LogP contribution in [0.25, 0.3) is 0 Å². The molecule has 4 fully saturated rings. The Kier molecular flexibility index (Phi) is 6.56. The van der Waals surface area contributed by atoms with Crippen LogP contribution in [-0.2, 0) is 19.1 Å². The lowest BCUT2D eigenvalue weighted by atomic mass is 9.74. The Labute approximate surface area is 223 Å². The van der Waals surface area contributed by atoms with Gasteiger partial charge in [0.15, 0.2) is 0 Å². The van der Waals surface area contributed by atoms with Gasteiger partial charge in [-0.3, -0.25) is 14.4 Å². The van der Waals surface area contributed by atoms with Gasteiger partial charge in [0.05, 0.1) is 17.9 Å². The lowest BCUT2D eigenvalue weighted by Gasteiger charge is -2.40. The number of nitrogens with zero attached hydrogens (tertiary/aromatic N) is 1. The minimum atomic E-state index is -1.11. The topological polar surface area (TPSA) is 87.7 Å². The van der Waals surface area contributed by atoms with Gasteiger partial charge in [-0.05, 0) is 68.7 Å². The molecule has 3 amide bonds. The van der Waals surface area contributed by atoms with E-state index in [1.54, 1.807) is 24.3 Å². The van der Waals surface area contributed by atoms with E-state index in [4.69, 9.17) is 16.3 Å². The van der Waals surface area contributed by atoms with Crippen LogP contribution in [0.3, 0.4) is 0 Å². The summed E-state index contributed by atoms with van der Waals surface area (Å²) in [7, 11) is 0. The summed E-state index contributed by atoms with van der Waals surface area (Å²) in [4.78, 5) is 43.6. The molecule has 2 saturated carbocycles. The predicted octanol–water partition coefficient (Wildman–Crippen LogP) is 4.46. The summed E-state index contributed by atoms with van der Waals surface area (Å²) in [6.07, 6.45) is 12.4. The van der Waals surface area contributed by atoms with Crippen LogP contribution >= 0.6 is 11.6 Å². The van der Waals surface area contributed by atoms with Crippen molar-refractivity contribution >= 4 is 35.0 Å². The van der Waals surface area contributed by atoms with Crippen LogP contribution in [0.15, 0.2) is 36.4 Å². The number of nitrogens with one attached hydrogen (secondary N) is 2. The zero-order chi connectivity index (χ0) is 25.7. The summed E-state index contributed by atoms with van der Waals surface area (Å²) in [5.74, 6) is -1.30. The first-order valence-electron chi connectivity index (χ1n) is 13.9. The number of hydrogen-bond acceptors (Lipinski definition) is 4. The molecule has 0 unspecified atom stereocenters. The van der Waals surface area contributed by atoms with Gasteiger partial charge in [-0.2, -0.15) is 0 Å². The zero-order valence-electron chi connectivity index (χ0n) is 21.3. The number of amides is 3. The third-order valence-electron chi connectivity index (χ3n) is 9.31. The second kappa shape index (κ2) is 9.73. The van der Waals surface area contributed by atoms with E-state index in [9.17, 15) is 14.4 Å². The highest BCUT2D eigenvalue weighted by atomic mass is 35.5. The predicted molar refractivity (Wildman–Crippen MR) is 141 cm³/mol. The first kappa shape index (κ1) is 24.9. The van der Waals surface area contributed by atoms with E-state index in [-0.39, 0.29) is 29.8 Å². The van der Waals surface area contributed by atoms with Gasteiger partial charge >= 0.3 is 0 Å². The van der Waals surface area contributed by atoms with Gasteiger partial charge in [0, 0.05) is 22.8 Å². The number of carbonyl (C=O) groups is 3. The molecule has 0 radical (unpaired) electrons. The monoisotopic (exact) mass is 525 g/mol. The third-order valence-corrected chi connectivity index (χ3v) is 9.56. The maximum atomic E-state index is 14.2. The fourth-order valence-electron chi connectivity index (χ4n) is 7.41. The molecule has 7 nitrogen and oxygen atoms in total. The van der Waals surface area contributed by atoms with Crippen molar-refractivity contribution < 1.29 is 19.1 Å². The van der Waals surface area contributed by atoms with E-state index in [1.807, 2.05) is 17.1 Å². The third kappa shape index (κ3) is 4.28. The van der Waals surface area contributed by atoms with Crippen molar-refractivity contribution in [3.63, 3.8) is 0 Å². The Bertz CT molecular complexity index is 1090. The maximum absolute atomic E-state index is 14.2.